The van der Waals surface area contributed by atoms with E-state index in [0.717, 1.165) is 30.6 Å². The second kappa shape index (κ2) is 5.25. The first-order valence-corrected chi connectivity index (χ1v) is 6.67. The van der Waals surface area contributed by atoms with Gasteiger partial charge in [-0.3, -0.25) is 0 Å². The number of rotatable bonds is 3. The van der Waals surface area contributed by atoms with Crippen LogP contribution < -0.4 is 10.6 Å². The molecule has 4 nitrogen and oxygen atoms in total. The third-order valence-electron chi connectivity index (χ3n) is 3.69. The summed E-state index contributed by atoms with van der Waals surface area (Å²) in [5.74, 6) is 0.147. The molecule has 0 bridgehead atoms. The van der Waals surface area contributed by atoms with E-state index in [2.05, 4.69) is 40.4 Å². The van der Waals surface area contributed by atoms with E-state index in [1.807, 2.05) is 18.2 Å². The summed E-state index contributed by atoms with van der Waals surface area (Å²) in [5.41, 5.74) is 10.3. The molecule has 4 heteroatoms. The molecular weight excluding hydrogens is 250 g/mol. The molecule has 3 rings (SSSR count). The summed E-state index contributed by atoms with van der Waals surface area (Å²) >= 11 is 0. The first-order valence-electron chi connectivity index (χ1n) is 6.67. The highest BCUT2D eigenvalue weighted by atomic mass is 16.4. The first-order chi connectivity index (χ1) is 9.78. The zero-order valence-electron chi connectivity index (χ0n) is 11.2. The van der Waals surface area contributed by atoms with E-state index < -0.39 is 0 Å². The van der Waals surface area contributed by atoms with Crippen LogP contribution in [0.2, 0.25) is 0 Å². The number of hydrogen-bond donors (Lipinski definition) is 2. The number of anilines is 1. The summed E-state index contributed by atoms with van der Waals surface area (Å²) in [6, 6.07) is 16.3. The van der Waals surface area contributed by atoms with Gasteiger partial charge in [-0.05, 0) is 29.7 Å². The normalized spacial score (nSPS) is 14.4. The Morgan fingerprint density at radius 2 is 2.05 bits per heavy atom. The van der Waals surface area contributed by atoms with Crippen molar-refractivity contribution in [1.82, 2.24) is 0 Å². The molecule has 0 unspecified atom stereocenters. The molecule has 0 saturated heterocycles. The Morgan fingerprint density at radius 1 is 1.20 bits per heavy atom. The van der Waals surface area contributed by atoms with Gasteiger partial charge in [-0.15, -0.1) is 0 Å². The Kier molecular flexibility index (Phi) is 3.29. The summed E-state index contributed by atoms with van der Waals surface area (Å²) in [5, 5.41) is 11.8. The number of hydrogen-bond acceptors (Lipinski definition) is 3. The lowest BCUT2D eigenvalue weighted by Crippen LogP contribution is -2.20. The van der Waals surface area contributed by atoms with Crippen LogP contribution in [0.4, 0.5) is 5.69 Å². The Morgan fingerprint density at radius 3 is 2.90 bits per heavy atom. The lowest BCUT2D eigenvalue weighted by Gasteiger charge is -2.19. The average molecular weight is 267 g/mol. The highest BCUT2D eigenvalue weighted by Gasteiger charge is 2.18. The third-order valence-corrected chi connectivity index (χ3v) is 3.69. The number of nitrogens with two attached hydrogens (primary N) is 1. The molecule has 0 amide bonds. The van der Waals surface area contributed by atoms with Crippen LogP contribution in [0.3, 0.4) is 0 Å². The zero-order valence-corrected chi connectivity index (χ0v) is 11.2. The molecule has 1 aliphatic rings. The van der Waals surface area contributed by atoms with Crippen molar-refractivity contribution in [2.75, 3.05) is 11.4 Å². The fraction of sp³-hybridized carbons (Fsp3) is 0.188. The van der Waals surface area contributed by atoms with Crippen molar-refractivity contribution in [2.45, 2.75) is 13.0 Å². The zero-order chi connectivity index (χ0) is 13.9. The second-order valence-corrected chi connectivity index (χ2v) is 4.99. The number of oxime groups is 1. The topological polar surface area (TPSA) is 61.9 Å². The molecule has 1 heterocycles. The molecule has 102 valence electrons. The van der Waals surface area contributed by atoms with Gasteiger partial charge in [-0.25, -0.2) is 0 Å². The van der Waals surface area contributed by atoms with Crippen LogP contribution in [0.5, 0.6) is 0 Å². The SMILES string of the molecule is N/C(=N\O)c1cccc(CN2CCc3ccccc32)c1. The lowest BCUT2D eigenvalue weighted by atomic mass is 10.1. The van der Waals surface area contributed by atoms with Crippen molar-refractivity contribution in [3.63, 3.8) is 0 Å². The molecule has 0 atom stereocenters. The van der Waals surface area contributed by atoms with E-state index in [0.29, 0.717) is 0 Å². The van der Waals surface area contributed by atoms with Crippen molar-refractivity contribution >= 4 is 11.5 Å². The summed E-state index contributed by atoms with van der Waals surface area (Å²) in [6.07, 6.45) is 1.09. The van der Waals surface area contributed by atoms with Crippen molar-refractivity contribution in [3.05, 3.63) is 65.2 Å². The van der Waals surface area contributed by atoms with Gasteiger partial charge in [0.15, 0.2) is 5.84 Å². The van der Waals surface area contributed by atoms with Crippen LogP contribution in [0.25, 0.3) is 0 Å². The number of amidine groups is 1. The van der Waals surface area contributed by atoms with Crippen molar-refractivity contribution in [1.29, 1.82) is 0 Å². The van der Waals surface area contributed by atoms with E-state index in [-0.39, 0.29) is 5.84 Å². The molecule has 1 aliphatic heterocycles. The van der Waals surface area contributed by atoms with Crippen LogP contribution in [0.1, 0.15) is 16.7 Å². The minimum atomic E-state index is 0.147. The maximum Gasteiger partial charge on any atom is 0.170 e. The summed E-state index contributed by atoms with van der Waals surface area (Å²) < 4.78 is 0. The van der Waals surface area contributed by atoms with Gasteiger partial charge in [0.25, 0.3) is 0 Å². The molecule has 3 N–H and O–H groups in total. The number of nitrogens with zero attached hydrogens (tertiary/aromatic N) is 2. The molecule has 0 fully saturated rings. The third kappa shape index (κ3) is 2.32. The Hall–Kier alpha value is -2.49. The van der Waals surface area contributed by atoms with Gasteiger partial charge in [-0.2, -0.15) is 0 Å². The van der Waals surface area contributed by atoms with Crippen LogP contribution >= 0.6 is 0 Å². The molecule has 20 heavy (non-hydrogen) atoms. The maximum absolute atomic E-state index is 8.75. The average Bonchev–Trinajstić information content (AvgIpc) is 2.90. The van der Waals surface area contributed by atoms with E-state index in [4.69, 9.17) is 10.9 Å². The number of fused-ring (bicyclic) bond motifs is 1. The number of para-hydroxylation sites is 1. The summed E-state index contributed by atoms with van der Waals surface area (Å²) in [4.78, 5) is 2.36. The van der Waals surface area contributed by atoms with E-state index >= 15 is 0 Å². The van der Waals surface area contributed by atoms with Crippen molar-refractivity contribution < 1.29 is 5.21 Å². The molecule has 0 radical (unpaired) electrons. The van der Waals surface area contributed by atoms with Crippen LogP contribution in [-0.2, 0) is 13.0 Å². The van der Waals surface area contributed by atoms with Gasteiger partial charge in [0.2, 0.25) is 0 Å². The molecule has 2 aromatic carbocycles. The second-order valence-electron chi connectivity index (χ2n) is 4.99. The molecule has 0 aromatic heterocycles. The Labute approximate surface area is 118 Å². The van der Waals surface area contributed by atoms with Gasteiger partial charge in [0.1, 0.15) is 0 Å². The monoisotopic (exact) mass is 267 g/mol. The Bertz CT molecular complexity index is 652. The first kappa shape index (κ1) is 12.5. The van der Waals surface area contributed by atoms with Gasteiger partial charge < -0.3 is 15.8 Å². The fourth-order valence-corrected chi connectivity index (χ4v) is 2.68. The summed E-state index contributed by atoms with van der Waals surface area (Å²) in [6.45, 7) is 1.87. The molecule has 0 aliphatic carbocycles. The van der Waals surface area contributed by atoms with Gasteiger partial charge >= 0.3 is 0 Å². The van der Waals surface area contributed by atoms with Crippen LogP contribution in [0.15, 0.2) is 53.7 Å². The van der Waals surface area contributed by atoms with Gasteiger partial charge in [0.05, 0.1) is 0 Å². The quantitative estimate of drug-likeness (QED) is 0.388. The van der Waals surface area contributed by atoms with Crippen LogP contribution in [-0.4, -0.2) is 17.6 Å². The smallest absolute Gasteiger partial charge is 0.170 e. The Balaban J connectivity index is 1.83. The van der Waals surface area contributed by atoms with Gasteiger partial charge in [0, 0.05) is 24.3 Å². The minimum Gasteiger partial charge on any atom is -0.409 e. The van der Waals surface area contributed by atoms with Crippen LogP contribution in [0, 0.1) is 0 Å². The molecule has 0 spiro atoms. The largest absolute Gasteiger partial charge is 0.409 e. The highest BCUT2D eigenvalue weighted by Crippen LogP contribution is 2.28. The molecular formula is C16H17N3O. The van der Waals surface area contributed by atoms with E-state index in [1.165, 1.54) is 11.3 Å². The fourth-order valence-electron chi connectivity index (χ4n) is 2.68. The molecule has 2 aromatic rings. The van der Waals surface area contributed by atoms with Gasteiger partial charge in [-0.1, -0.05) is 41.6 Å². The predicted octanol–water partition coefficient (Wildman–Crippen LogP) is 2.34. The maximum atomic E-state index is 8.75. The van der Waals surface area contributed by atoms with E-state index in [9.17, 15) is 0 Å². The highest BCUT2D eigenvalue weighted by molar-refractivity contribution is 5.97. The number of benzene rings is 2. The predicted molar refractivity (Wildman–Crippen MR) is 80.1 cm³/mol. The lowest BCUT2D eigenvalue weighted by molar-refractivity contribution is 0.318. The standard InChI is InChI=1S/C16H17N3O/c17-16(18-20)14-6-3-4-12(10-14)11-19-9-8-13-5-1-2-7-15(13)19/h1-7,10,20H,8-9,11H2,(H2,17,18). The van der Waals surface area contributed by atoms with Crippen molar-refractivity contribution in [3.8, 4) is 0 Å². The summed E-state index contributed by atoms with van der Waals surface area (Å²) in [7, 11) is 0. The van der Waals surface area contributed by atoms with E-state index in [1.54, 1.807) is 0 Å². The minimum absolute atomic E-state index is 0.147. The van der Waals surface area contributed by atoms with Crippen molar-refractivity contribution in [2.24, 2.45) is 10.9 Å². The molecule has 0 saturated carbocycles.